The maximum Gasteiger partial charge on any atom is 0.319 e. The molecule has 2 N–H and O–H groups in total. The lowest BCUT2D eigenvalue weighted by Gasteiger charge is -2.33. The lowest BCUT2D eigenvalue weighted by Crippen LogP contribution is -2.49. The summed E-state index contributed by atoms with van der Waals surface area (Å²) in [5.41, 5.74) is 1.12. The second kappa shape index (κ2) is 13.2. The molecule has 3 aliphatic heterocycles. The van der Waals surface area contributed by atoms with Crippen LogP contribution in [0, 0.1) is 11.6 Å². The van der Waals surface area contributed by atoms with E-state index in [1.54, 1.807) is 11.0 Å². The molecule has 2 aromatic carbocycles. The lowest BCUT2D eigenvalue weighted by molar-refractivity contribution is 0.108. The fraction of sp³-hybridized carbons (Fsp3) is 0.514. The number of rotatable bonds is 7. The van der Waals surface area contributed by atoms with Gasteiger partial charge in [-0.1, -0.05) is 33.8 Å². The van der Waals surface area contributed by atoms with E-state index in [9.17, 15) is 9.50 Å². The van der Waals surface area contributed by atoms with E-state index in [0.29, 0.717) is 65.8 Å². The summed E-state index contributed by atoms with van der Waals surface area (Å²) >= 11 is 0. The highest BCUT2D eigenvalue weighted by Crippen LogP contribution is 2.42. The maximum absolute atomic E-state index is 16.9. The van der Waals surface area contributed by atoms with Crippen molar-refractivity contribution in [2.24, 2.45) is 0 Å². The largest absolute Gasteiger partial charge is 0.508 e. The first kappa shape index (κ1) is 32.2. The molecule has 8 nitrogen and oxygen atoms in total. The molecule has 1 unspecified atom stereocenters. The summed E-state index contributed by atoms with van der Waals surface area (Å²) in [5.74, 6) is -0.829. The van der Waals surface area contributed by atoms with Crippen molar-refractivity contribution in [1.82, 2.24) is 25.2 Å². The van der Waals surface area contributed by atoms with Crippen LogP contribution >= 0.6 is 0 Å². The Kier molecular flexibility index (Phi) is 9.25. The Hall–Kier alpha value is -3.70. The Morgan fingerprint density at radius 1 is 1.00 bits per heavy atom. The van der Waals surface area contributed by atoms with Crippen LogP contribution < -0.4 is 15.0 Å². The smallest absolute Gasteiger partial charge is 0.319 e. The molecule has 3 fully saturated rings. The summed E-state index contributed by atoms with van der Waals surface area (Å²) in [6.45, 7) is 11.1. The van der Waals surface area contributed by atoms with Gasteiger partial charge in [0.05, 0.1) is 23.2 Å². The van der Waals surface area contributed by atoms with E-state index in [4.69, 9.17) is 14.7 Å². The second-order valence-corrected chi connectivity index (χ2v) is 12.2. The Balaban J connectivity index is 0.00000182. The standard InChI is InChI=1S/C33H37F3N6O2.C2H6/c1-3-21-23(34)8-7-19-15-20(43)16-22(26(19)21)29-28(36)30-27(24(4-2)38-29)31(41-14-11-37-25(35)17-41)40-32(39-30)44-18-33-9-5-12-42(33)13-6-10-33;1-2/h7-8,15-16,25,37,43H,3-6,9-14,17-18H2,1-2H3;1-2H3. The van der Waals surface area contributed by atoms with Gasteiger partial charge in [0.2, 0.25) is 0 Å². The molecule has 11 heteroatoms. The summed E-state index contributed by atoms with van der Waals surface area (Å²) < 4.78 is 52.8. The Morgan fingerprint density at radius 3 is 2.46 bits per heavy atom. The minimum atomic E-state index is -1.27. The van der Waals surface area contributed by atoms with Gasteiger partial charge in [0, 0.05) is 18.7 Å². The van der Waals surface area contributed by atoms with Crippen LogP contribution in [0.15, 0.2) is 24.3 Å². The van der Waals surface area contributed by atoms with Gasteiger partial charge >= 0.3 is 6.01 Å². The van der Waals surface area contributed by atoms with Crippen molar-refractivity contribution in [3.05, 3.63) is 47.2 Å². The average molecular weight is 637 g/mol. The zero-order valence-electron chi connectivity index (χ0n) is 27.1. The number of pyridine rings is 1. The Bertz CT molecular complexity index is 1740. The number of alkyl halides is 1. The summed E-state index contributed by atoms with van der Waals surface area (Å²) in [4.78, 5) is 18.4. The average Bonchev–Trinajstić information content (AvgIpc) is 3.65. The topological polar surface area (TPSA) is 86.6 Å². The molecule has 0 radical (unpaired) electrons. The highest BCUT2D eigenvalue weighted by atomic mass is 19.1. The number of ether oxygens (including phenoxy) is 1. The van der Waals surface area contributed by atoms with Crippen LogP contribution in [0.2, 0.25) is 0 Å². The number of hydrogen-bond acceptors (Lipinski definition) is 8. The fourth-order valence-electron chi connectivity index (χ4n) is 7.52. The zero-order valence-corrected chi connectivity index (χ0v) is 27.1. The molecule has 246 valence electrons. The second-order valence-electron chi connectivity index (χ2n) is 12.2. The van der Waals surface area contributed by atoms with Crippen LogP contribution in [-0.2, 0) is 12.8 Å². The molecule has 0 spiro atoms. The molecule has 4 aromatic rings. The number of benzene rings is 2. The van der Waals surface area contributed by atoms with E-state index >= 15 is 8.78 Å². The molecule has 46 heavy (non-hydrogen) atoms. The van der Waals surface area contributed by atoms with Crippen LogP contribution in [0.1, 0.15) is 64.6 Å². The summed E-state index contributed by atoms with van der Waals surface area (Å²) in [6, 6.07) is 5.93. The number of aromatic nitrogens is 3. The van der Waals surface area contributed by atoms with Crippen LogP contribution in [0.25, 0.3) is 32.9 Å². The molecular formula is C35H43F3N6O2. The van der Waals surface area contributed by atoms with Gasteiger partial charge in [-0.2, -0.15) is 9.97 Å². The highest BCUT2D eigenvalue weighted by Gasteiger charge is 2.45. The van der Waals surface area contributed by atoms with E-state index < -0.39 is 17.9 Å². The number of phenolic OH excluding ortho intramolecular Hbond substituents is 1. The normalized spacial score (nSPS) is 19.4. The maximum atomic E-state index is 16.9. The van der Waals surface area contributed by atoms with Crippen molar-refractivity contribution >= 4 is 27.5 Å². The van der Waals surface area contributed by atoms with E-state index in [0.717, 1.165) is 38.8 Å². The summed E-state index contributed by atoms with van der Waals surface area (Å²) in [7, 11) is 0. The summed E-state index contributed by atoms with van der Waals surface area (Å²) in [6.07, 6.45) is 3.77. The Labute approximate surface area is 268 Å². The van der Waals surface area contributed by atoms with Crippen molar-refractivity contribution in [1.29, 1.82) is 0 Å². The first-order chi connectivity index (χ1) is 22.3. The van der Waals surface area contributed by atoms with Crippen molar-refractivity contribution < 1.29 is 23.0 Å². The SMILES string of the molecule is CC.CCc1c(F)ccc2cc(O)cc(-c3nc(CC)c4c(N5CCNC(F)C5)nc(OCC56CCCN5CCC6)nc4c3F)c12. The first-order valence-electron chi connectivity index (χ1n) is 16.7. The predicted octanol–water partition coefficient (Wildman–Crippen LogP) is 6.69. The van der Waals surface area contributed by atoms with Crippen LogP contribution in [-0.4, -0.2) is 76.1 Å². The van der Waals surface area contributed by atoms with E-state index in [-0.39, 0.29) is 40.6 Å². The molecular weight excluding hydrogens is 593 g/mol. The number of piperazine rings is 1. The van der Waals surface area contributed by atoms with Gasteiger partial charge in [0.25, 0.3) is 0 Å². The minimum absolute atomic E-state index is 0.0129. The molecule has 1 atom stereocenters. The van der Waals surface area contributed by atoms with Gasteiger partial charge < -0.3 is 14.7 Å². The Morgan fingerprint density at radius 2 is 1.76 bits per heavy atom. The number of nitrogens with one attached hydrogen (secondary N) is 1. The van der Waals surface area contributed by atoms with E-state index in [1.807, 2.05) is 27.7 Å². The first-order valence-corrected chi connectivity index (χ1v) is 16.7. The van der Waals surface area contributed by atoms with Crippen LogP contribution in [0.5, 0.6) is 11.8 Å². The molecule has 0 saturated carbocycles. The van der Waals surface area contributed by atoms with Gasteiger partial charge in [-0.05, 0) is 86.1 Å². The van der Waals surface area contributed by atoms with Crippen molar-refractivity contribution in [3.8, 4) is 23.0 Å². The van der Waals surface area contributed by atoms with Crippen molar-refractivity contribution in [3.63, 3.8) is 0 Å². The van der Waals surface area contributed by atoms with Crippen molar-refractivity contribution in [2.45, 2.75) is 78.1 Å². The van der Waals surface area contributed by atoms with Gasteiger partial charge in [-0.15, -0.1) is 0 Å². The number of fused-ring (bicyclic) bond motifs is 3. The number of hydrogen-bond donors (Lipinski definition) is 2. The molecule has 0 amide bonds. The number of nitrogens with zero attached hydrogens (tertiary/aromatic N) is 5. The molecule has 3 aliphatic rings. The fourth-order valence-corrected chi connectivity index (χ4v) is 7.52. The number of aryl methyl sites for hydroxylation is 2. The molecule has 7 rings (SSSR count). The van der Waals surface area contributed by atoms with Crippen molar-refractivity contribution in [2.75, 3.05) is 44.2 Å². The van der Waals surface area contributed by atoms with Gasteiger partial charge in [0.15, 0.2) is 12.1 Å². The van der Waals surface area contributed by atoms with E-state index in [2.05, 4.69) is 15.2 Å². The number of aromatic hydroxyl groups is 1. The third-order valence-electron chi connectivity index (χ3n) is 9.63. The lowest BCUT2D eigenvalue weighted by atomic mass is 9.94. The van der Waals surface area contributed by atoms with Crippen LogP contribution in [0.3, 0.4) is 0 Å². The zero-order chi connectivity index (χ0) is 32.6. The quantitative estimate of drug-likeness (QED) is 0.217. The van der Waals surface area contributed by atoms with Gasteiger partial charge in [0.1, 0.15) is 35.2 Å². The number of halogens is 3. The van der Waals surface area contributed by atoms with Gasteiger partial charge in [-0.25, -0.2) is 18.2 Å². The highest BCUT2D eigenvalue weighted by molar-refractivity contribution is 6.02. The monoisotopic (exact) mass is 636 g/mol. The van der Waals surface area contributed by atoms with Gasteiger partial charge in [-0.3, -0.25) is 10.2 Å². The molecule has 3 saturated heterocycles. The molecule has 5 heterocycles. The van der Waals surface area contributed by atoms with Crippen LogP contribution in [0.4, 0.5) is 19.0 Å². The minimum Gasteiger partial charge on any atom is -0.508 e. The number of anilines is 1. The molecule has 0 bridgehead atoms. The third-order valence-corrected chi connectivity index (χ3v) is 9.63. The summed E-state index contributed by atoms with van der Waals surface area (Å²) in [5, 5.41) is 14.9. The number of phenols is 1. The third kappa shape index (κ3) is 5.61. The molecule has 2 aromatic heterocycles. The predicted molar refractivity (Wildman–Crippen MR) is 175 cm³/mol. The van der Waals surface area contributed by atoms with E-state index in [1.165, 1.54) is 18.2 Å². The molecule has 0 aliphatic carbocycles.